The van der Waals surface area contributed by atoms with Gasteiger partial charge in [-0.25, -0.2) is 9.97 Å². The number of nitrogens with two attached hydrogens (primary N) is 1. The Morgan fingerprint density at radius 2 is 1.70 bits per heavy atom. The molecule has 14 heteroatoms. The first-order chi connectivity index (χ1) is 15.5. The zero-order valence-corrected chi connectivity index (χ0v) is 16.6. The average Bonchev–Trinajstić information content (AvgIpc) is 2.76. The molecule has 0 amide bonds. The van der Waals surface area contributed by atoms with Gasteiger partial charge in [0.25, 0.3) is 0 Å². The highest BCUT2D eigenvalue weighted by molar-refractivity contribution is 6.06. The predicted octanol–water partition coefficient (Wildman–Crippen LogP) is 4.00. The topological polar surface area (TPSA) is 115 Å². The minimum atomic E-state index is -4.71. The second-order valence-electron chi connectivity index (χ2n) is 6.23. The number of alkyl halides is 6. The lowest BCUT2D eigenvalue weighted by molar-refractivity contribution is -0.141. The molecule has 0 radical (unpaired) electrons. The Morgan fingerprint density at radius 3 is 2.33 bits per heavy atom. The maximum absolute atomic E-state index is 13.1. The predicted molar refractivity (Wildman–Crippen MR) is 106 cm³/mol. The van der Waals surface area contributed by atoms with Crippen molar-refractivity contribution in [3.63, 3.8) is 0 Å². The van der Waals surface area contributed by atoms with E-state index in [-0.39, 0.29) is 34.7 Å². The third kappa shape index (κ3) is 5.78. The van der Waals surface area contributed by atoms with E-state index < -0.39 is 23.7 Å². The van der Waals surface area contributed by atoms with Gasteiger partial charge < -0.3 is 11.1 Å². The van der Waals surface area contributed by atoms with E-state index in [1.807, 2.05) is 0 Å². The van der Waals surface area contributed by atoms with Crippen LogP contribution in [0.5, 0.6) is 0 Å². The normalized spacial score (nSPS) is 12.9. The molecule has 172 valence electrons. The number of aliphatic imine (C=N–C) groups is 1. The summed E-state index contributed by atoms with van der Waals surface area (Å²) in [5.74, 6) is -0.638. The molecule has 3 heterocycles. The number of pyridine rings is 2. The summed E-state index contributed by atoms with van der Waals surface area (Å²) in [6.45, 7) is 0. The lowest BCUT2D eigenvalue weighted by Gasteiger charge is -2.11. The van der Waals surface area contributed by atoms with Crippen molar-refractivity contribution in [3.05, 3.63) is 66.0 Å². The first kappa shape index (κ1) is 23.6. The summed E-state index contributed by atoms with van der Waals surface area (Å²) in [4.78, 5) is 22.9. The van der Waals surface area contributed by atoms with Gasteiger partial charge in [0, 0.05) is 18.9 Å². The van der Waals surface area contributed by atoms with Crippen LogP contribution in [0.15, 0.2) is 53.8 Å². The molecule has 0 bridgehead atoms. The first-order valence-corrected chi connectivity index (χ1v) is 8.97. The fourth-order valence-corrected chi connectivity index (χ4v) is 2.51. The van der Waals surface area contributed by atoms with Crippen molar-refractivity contribution in [2.45, 2.75) is 12.4 Å². The molecule has 0 atom stereocenters. The third-order valence-electron chi connectivity index (χ3n) is 3.93. The molecular weight excluding hydrogens is 454 g/mol. The molecule has 0 fully saturated rings. The van der Waals surface area contributed by atoms with Crippen LogP contribution in [0.1, 0.15) is 17.2 Å². The lowest BCUT2D eigenvalue weighted by Crippen LogP contribution is -2.13. The molecule has 3 N–H and O–H groups in total. The van der Waals surface area contributed by atoms with E-state index in [1.54, 1.807) is 0 Å². The Hall–Kier alpha value is -4.10. The highest BCUT2D eigenvalue weighted by atomic mass is 19.4. The van der Waals surface area contributed by atoms with Gasteiger partial charge in [0.1, 0.15) is 22.8 Å². The lowest BCUT2D eigenvalue weighted by atomic mass is 10.2. The average molecular weight is 468 g/mol. The van der Waals surface area contributed by atoms with Crippen molar-refractivity contribution < 1.29 is 26.3 Å². The van der Waals surface area contributed by atoms with Crippen molar-refractivity contribution in [1.82, 2.24) is 24.9 Å². The number of halogens is 6. The Balaban J connectivity index is 2.12. The molecule has 0 aliphatic rings. The maximum Gasteiger partial charge on any atom is 0.433 e. The zero-order chi connectivity index (χ0) is 24.2. The van der Waals surface area contributed by atoms with Crippen LogP contribution >= 0.6 is 0 Å². The number of nitrogens with zero attached hydrogens (tertiary/aromatic N) is 6. The van der Waals surface area contributed by atoms with Crippen LogP contribution in [0, 0.1) is 0 Å². The summed E-state index contributed by atoms with van der Waals surface area (Å²) >= 11 is 0. The summed E-state index contributed by atoms with van der Waals surface area (Å²) in [7, 11) is 1.40. The van der Waals surface area contributed by atoms with Crippen molar-refractivity contribution in [3.8, 4) is 11.5 Å². The van der Waals surface area contributed by atoms with E-state index in [0.29, 0.717) is 0 Å². The Morgan fingerprint density at radius 1 is 0.970 bits per heavy atom. The molecule has 33 heavy (non-hydrogen) atoms. The second-order valence-corrected chi connectivity index (χ2v) is 6.23. The molecule has 0 unspecified atom stereocenters. The number of anilines is 2. The van der Waals surface area contributed by atoms with Gasteiger partial charge in [0.2, 0.25) is 5.95 Å². The largest absolute Gasteiger partial charge is 0.433 e. The number of nitrogens with one attached hydrogen (secondary N) is 1. The van der Waals surface area contributed by atoms with Gasteiger partial charge in [-0.05, 0) is 36.5 Å². The minimum Gasteiger partial charge on any atom is -0.405 e. The van der Waals surface area contributed by atoms with Gasteiger partial charge in [0.05, 0.1) is 0 Å². The maximum atomic E-state index is 13.1. The van der Waals surface area contributed by atoms with E-state index in [0.717, 1.165) is 30.6 Å². The number of hydrogen-bond acceptors (Lipinski definition) is 8. The van der Waals surface area contributed by atoms with Gasteiger partial charge in [-0.2, -0.15) is 36.3 Å². The van der Waals surface area contributed by atoms with Gasteiger partial charge in [-0.3, -0.25) is 9.98 Å². The smallest absolute Gasteiger partial charge is 0.405 e. The van der Waals surface area contributed by atoms with Crippen LogP contribution in [0.25, 0.3) is 11.5 Å². The summed E-state index contributed by atoms with van der Waals surface area (Å²) in [5.41, 5.74) is 2.87. The van der Waals surface area contributed by atoms with Crippen LogP contribution in [0.2, 0.25) is 0 Å². The minimum absolute atomic E-state index is 0.0678. The molecule has 3 aromatic rings. The highest BCUT2D eigenvalue weighted by Crippen LogP contribution is 2.30. The van der Waals surface area contributed by atoms with E-state index in [4.69, 9.17) is 5.73 Å². The van der Waals surface area contributed by atoms with Crippen LogP contribution in [0.3, 0.4) is 0 Å². The number of hydrogen-bond donors (Lipinski definition) is 2. The van der Waals surface area contributed by atoms with Crippen molar-refractivity contribution >= 4 is 17.3 Å². The molecule has 0 aromatic carbocycles. The van der Waals surface area contributed by atoms with E-state index in [1.165, 1.54) is 25.3 Å². The second kappa shape index (κ2) is 9.18. The Labute approximate surface area is 182 Å². The highest BCUT2D eigenvalue weighted by Gasteiger charge is 2.33. The Bertz CT molecular complexity index is 1200. The zero-order valence-electron chi connectivity index (χ0n) is 16.6. The van der Waals surface area contributed by atoms with Crippen molar-refractivity contribution in [1.29, 1.82) is 0 Å². The summed E-state index contributed by atoms with van der Waals surface area (Å²) < 4.78 is 78.1. The quantitative estimate of drug-likeness (QED) is 0.430. The molecule has 0 aliphatic carbocycles. The number of rotatable bonds is 5. The fourth-order valence-electron chi connectivity index (χ4n) is 2.51. The molecule has 0 aliphatic heterocycles. The van der Waals surface area contributed by atoms with Crippen molar-refractivity contribution in [2.75, 3.05) is 12.4 Å². The SMILES string of the molecule is CN=C(C=CN)c1nc(Nc2ccnc(C(F)(F)F)c2)nc(-c2cccc(C(F)(F)F)n2)n1. The molecular formula is C19H14F6N8. The van der Waals surface area contributed by atoms with E-state index in [9.17, 15) is 26.3 Å². The fraction of sp³-hybridized carbons (Fsp3) is 0.158. The van der Waals surface area contributed by atoms with Crippen LogP contribution in [-0.4, -0.2) is 37.7 Å². The van der Waals surface area contributed by atoms with Crippen LogP contribution in [-0.2, 0) is 12.4 Å². The van der Waals surface area contributed by atoms with E-state index >= 15 is 0 Å². The van der Waals surface area contributed by atoms with Gasteiger partial charge in [-0.1, -0.05) is 6.07 Å². The molecule has 0 spiro atoms. The summed E-state index contributed by atoms with van der Waals surface area (Å²) in [5, 5.41) is 2.57. The Kier molecular flexibility index (Phi) is 6.55. The number of allylic oxidation sites excluding steroid dienone is 1. The van der Waals surface area contributed by atoms with Gasteiger partial charge in [0.15, 0.2) is 11.6 Å². The van der Waals surface area contributed by atoms with Crippen LogP contribution in [0.4, 0.5) is 38.0 Å². The molecule has 0 saturated heterocycles. The van der Waals surface area contributed by atoms with Gasteiger partial charge in [-0.15, -0.1) is 0 Å². The molecule has 3 rings (SSSR count). The number of aromatic nitrogens is 5. The molecule has 3 aromatic heterocycles. The summed E-state index contributed by atoms with van der Waals surface area (Å²) in [6.07, 6.45) is -6.01. The molecule has 8 nitrogen and oxygen atoms in total. The van der Waals surface area contributed by atoms with E-state index in [2.05, 4.69) is 35.2 Å². The monoisotopic (exact) mass is 468 g/mol. The van der Waals surface area contributed by atoms with Gasteiger partial charge >= 0.3 is 12.4 Å². The molecule has 0 saturated carbocycles. The van der Waals surface area contributed by atoms with Crippen molar-refractivity contribution in [2.24, 2.45) is 10.7 Å². The summed E-state index contributed by atoms with van der Waals surface area (Å²) in [6, 6.07) is 5.09. The first-order valence-electron chi connectivity index (χ1n) is 8.97. The standard InChI is InChI=1S/C19H14F6N8/c1-27-11(5-7-26)15-31-16(12-3-2-4-13(30-12)18(20,21)22)33-17(32-15)29-10-6-8-28-14(9-10)19(23,24)25/h2-9H,26H2,1H3,(H,28,29,31,32,33). The van der Waals surface area contributed by atoms with Crippen LogP contribution < -0.4 is 11.1 Å². The third-order valence-corrected chi connectivity index (χ3v) is 3.93.